The number of hydrogen-bond acceptors (Lipinski definition) is 4. The molecule has 0 saturated carbocycles. The maximum Gasteiger partial charge on any atom is 0.258 e. The van der Waals surface area contributed by atoms with Crippen molar-refractivity contribution in [2.75, 3.05) is 30.4 Å². The van der Waals surface area contributed by atoms with Gasteiger partial charge in [-0.3, -0.25) is 9.59 Å². The third-order valence-corrected chi connectivity index (χ3v) is 3.85. The van der Waals surface area contributed by atoms with Gasteiger partial charge in [0.2, 0.25) is 0 Å². The van der Waals surface area contributed by atoms with E-state index in [1.165, 1.54) is 0 Å². The standard InChI is InChI=1S/C15H17N3O2/c1-16-14(20)13-12(19)8-5-9-18-11-7-4-3-6-10(11)17(2)15(13)18/h3-4,6-7H,5,8-9H2,1-2H3,(H,16,20). The molecule has 0 radical (unpaired) electrons. The van der Waals surface area contributed by atoms with E-state index in [0.29, 0.717) is 12.2 Å². The normalized spacial score (nSPS) is 17.8. The number of amides is 1. The first kappa shape index (κ1) is 12.7. The van der Waals surface area contributed by atoms with E-state index < -0.39 is 0 Å². The number of Topliss-reactive ketones (excluding diaryl/α,β-unsaturated/α-hetero) is 1. The Bertz CT molecular complexity index is 621. The van der Waals surface area contributed by atoms with Gasteiger partial charge in [-0.05, 0) is 18.6 Å². The van der Waals surface area contributed by atoms with Gasteiger partial charge in [-0.25, -0.2) is 0 Å². The molecule has 2 aliphatic heterocycles. The lowest BCUT2D eigenvalue weighted by Crippen LogP contribution is -2.33. The first-order valence-corrected chi connectivity index (χ1v) is 6.75. The summed E-state index contributed by atoms with van der Waals surface area (Å²) in [5.41, 5.74) is 2.35. The Labute approximate surface area is 117 Å². The van der Waals surface area contributed by atoms with Crippen LogP contribution in [0, 0.1) is 0 Å². The second kappa shape index (κ2) is 4.67. The number of likely N-dealkylation sites (N-methyl/N-ethyl adjacent to an activating group) is 1. The fraction of sp³-hybridized carbons (Fsp3) is 0.333. The maximum absolute atomic E-state index is 12.3. The SMILES string of the molecule is CNC(=O)C1=C2N(C)c3ccccc3N2CCCC1=O. The van der Waals surface area contributed by atoms with Crippen LogP contribution in [-0.2, 0) is 9.59 Å². The number of rotatable bonds is 1. The topological polar surface area (TPSA) is 52.7 Å². The van der Waals surface area contributed by atoms with Crippen molar-refractivity contribution in [3.63, 3.8) is 0 Å². The largest absolute Gasteiger partial charge is 0.355 e. The molecule has 0 atom stereocenters. The monoisotopic (exact) mass is 271 g/mol. The lowest BCUT2D eigenvalue weighted by Gasteiger charge is -2.22. The lowest BCUT2D eigenvalue weighted by atomic mass is 10.1. The number of carbonyl (C=O) groups excluding carboxylic acids is 2. The van der Waals surface area contributed by atoms with Crippen molar-refractivity contribution in [2.45, 2.75) is 12.8 Å². The molecule has 5 nitrogen and oxygen atoms in total. The molecule has 0 bridgehead atoms. The van der Waals surface area contributed by atoms with Crippen LogP contribution in [0.2, 0.25) is 0 Å². The van der Waals surface area contributed by atoms with E-state index in [4.69, 9.17) is 0 Å². The summed E-state index contributed by atoms with van der Waals surface area (Å²) in [5.74, 6) is 0.311. The molecule has 2 aliphatic rings. The molecule has 0 aliphatic carbocycles. The van der Waals surface area contributed by atoms with Gasteiger partial charge in [-0.1, -0.05) is 12.1 Å². The molecule has 3 rings (SSSR count). The molecule has 0 aromatic heterocycles. The number of benzene rings is 1. The minimum Gasteiger partial charge on any atom is -0.355 e. The number of para-hydroxylation sites is 2. The molecule has 1 amide bonds. The van der Waals surface area contributed by atoms with Gasteiger partial charge >= 0.3 is 0 Å². The molecular formula is C15H17N3O2. The molecule has 1 aromatic rings. The Balaban J connectivity index is 2.22. The summed E-state index contributed by atoms with van der Waals surface area (Å²) in [5, 5.41) is 2.58. The van der Waals surface area contributed by atoms with E-state index in [-0.39, 0.29) is 17.3 Å². The minimum atomic E-state index is -0.309. The number of fused-ring (bicyclic) bond motifs is 3. The van der Waals surface area contributed by atoms with Crippen LogP contribution in [0.25, 0.3) is 0 Å². The van der Waals surface area contributed by atoms with Crippen molar-refractivity contribution >= 4 is 23.1 Å². The van der Waals surface area contributed by atoms with Crippen LogP contribution < -0.4 is 15.1 Å². The molecule has 20 heavy (non-hydrogen) atoms. The van der Waals surface area contributed by atoms with Crippen LogP contribution in [0.1, 0.15) is 12.8 Å². The van der Waals surface area contributed by atoms with Crippen LogP contribution in [-0.4, -0.2) is 32.3 Å². The molecule has 0 fully saturated rings. The van der Waals surface area contributed by atoms with E-state index in [9.17, 15) is 9.59 Å². The quantitative estimate of drug-likeness (QED) is 0.781. The van der Waals surface area contributed by atoms with E-state index in [0.717, 1.165) is 24.3 Å². The minimum absolute atomic E-state index is 0.0819. The Morgan fingerprint density at radius 3 is 2.65 bits per heavy atom. The summed E-state index contributed by atoms with van der Waals surface area (Å²) >= 11 is 0. The summed E-state index contributed by atoms with van der Waals surface area (Å²) < 4.78 is 0. The summed E-state index contributed by atoms with van der Waals surface area (Å²) in [4.78, 5) is 28.4. The number of carbonyl (C=O) groups is 2. The van der Waals surface area contributed by atoms with Gasteiger partial charge in [-0.2, -0.15) is 0 Å². The third-order valence-electron chi connectivity index (χ3n) is 3.85. The number of nitrogens with one attached hydrogen (secondary N) is 1. The molecule has 0 saturated heterocycles. The van der Waals surface area contributed by atoms with Crippen molar-refractivity contribution in [1.29, 1.82) is 0 Å². The van der Waals surface area contributed by atoms with Crippen molar-refractivity contribution in [3.8, 4) is 0 Å². The van der Waals surface area contributed by atoms with E-state index >= 15 is 0 Å². The Kier molecular flexibility index (Phi) is 2.97. The predicted molar refractivity (Wildman–Crippen MR) is 77.5 cm³/mol. The predicted octanol–water partition coefficient (Wildman–Crippen LogP) is 1.26. The second-order valence-electron chi connectivity index (χ2n) is 5.00. The van der Waals surface area contributed by atoms with Gasteiger partial charge in [0.05, 0.1) is 11.4 Å². The Morgan fingerprint density at radius 1 is 1.25 bits per heavy atom. The van der Waals surface area contributed by atoms with Crippen molar-refractivity contribution in [1.82, 2.24) is 5.32 Å². The third kappa shape index (κ3) is 1.70. The highest BCUT2D eigenvalue weighted by Crippen LogP contribution is 2.42. The van der Waals surface area contributed by atoms with Crippen LogP contribution in [0.15, 0.2) is 35.7 Å². The molecule has 0 unspecified atom stereocenters. The first-order valence-electron chi connectivity index (χ1n) is 6.75. The Hall–Kier alpha value is -2.30. The lowest BCUT2D eigenvalue weighted by molar-refractivity contribution is -0.122. The van der Waals surface area contributed by atoms with Crippen LogP contribution in [0.5, 0.6) is 0 Å². The second-order valence-corrected chi connectivity index (χ2v) is 5.00. The van der Waals surface area contributed by atoms with E-state index in [2.05, 4.69) is 10.2 Å². The number of ketones is 1. The molecule has 1 N–H and O–H groups in total. The van der Waals surface area contributed by atoms with E-state index in [1.54, 1.807) is 7.05 Å². The van der Waals surface area contributed by atoms with Crippen LogP contribution in [0.4, 0.5) is 11.4 Å². The Morgan fingerprint density at radius 2 is 1.95 bits per heavy atom. The smallest absolute Gasteiger partial charge is 0.258 e. The molecule has 5 heteroatoms. The van der Waals surface area contributed by atoms with Crippen molar-refractivity contribution in [3.05, 3.63) is 35.7 Å². The highest BCUT2D eigenvalue weighted by molar-refractivity contribution is 6.21. The maximum atomic E-state index is 12.3. The summed E-state index contributed by atoms with van der Waals surface area (Å²) in [6.07, 6.45) is 1.17. The van der Waals surface area contributed by atoms with Crippen LogP contribution in [0.3, 0.4) is 0 Å². The molecule has 1 aromatic carbocycles. The number of nitrogens with zero attached hydrogens (tertiary/aromatic N) is 2. The molecular weight excluding hydrogens is 254 g/mol. The average molecular weight is 271 g/mol. The van der Waals surface area contributed by atoms with E-state index in [1.807, 2.05) is 36.2 Å². The summed E-state index contributed by atoms with van der Waals surface area (Å²) in [6.45, 7) is 0.753. The van der Waals surface area contributed by atoms with Gasteiger partial charge in [-0.15, -0.1) is 0 Å². The number of anilines is 2. The zero-order chi connectivity index (χ0) is 14.3. The molecule has 2 heterocycles. The molecule has 0 spiro atoms. The van der Waals surface area contributed by atoms with Crippen LogP contribution >= 0.6 is 0 Å². The summed E-state index contributed by atoms with van der Waals surface area (Å²) in [6, 6.07) is 7.96. The average Bonchev–Trinajstić information content (AvgIpc) is 2.63. The number of hydrogen-bond donors (Lipinski definition) is 1. The molecule has 104 valence electrons. The fourth-order valence-corrected chi connectivity index (χ4v) is 2.91. The van der Waals surface area contributed by atoms with Gasteiger partial charge in [0, 0.05) is 27.1 Å². The fourth-order valence-electron chi connectivity index (χ4n) is 2.91. The zero-order valence-electron chi connectivity index (χ0n) is 11.6. The first-order chi connectivity index (χ1) is 9.65. The van der Waals surface area contributed by atoms with Crippen molar-refractivity contribution < 1.29 is 9.59 Å². The van der Waals surface area contributed by atoms with Crippen molar-refractivity contribution in [2.24, 2.45) is 0 Å². The van der Waals surface area contributed by atoms with Gasteiger partial charge in [0.15, 0.2) is 5.78 Å². The zero-order valence-corrected chi connectivity index (χ0v) is 11.6. The van der Waals surface area contributed by atoms with Gasteiger partial charge in [0.1, 0.15) is 11.4 Å². The highest BCUT2D eigenvalue weighted by Gasteiger charge is 2.37. The summed E-state index contributed by atoms with van der Waals surface area (Å²) in [7, 11) is 3.45. The van der Waals surface area contributed by atoms with Gasteiger partial charge < -0.3 is 15.1 Å². The van der Waals surface area contributed by atoms with Gasteiger partial charge in [0.25, 0.3) is 5.91 Å². The highest BCUT2D eigenvalue weighted by atomic mass is 16.2.